The molecule has 154 valence electrons. The molecule has 2 aromatic carbocycles. The molecule has 0 spiro atoms. The summed E-state index contributed by atoms with van der Waals surface area (Å²) in [6.45, 7) is -0.0577. The largest absolute Gasteiger partial charge is 0.419 e. The molecule has 1 atom stereocenters. The normalized spacial score (nSPS) is 18.5. The van der Waals surface area contributed by atoms with Gasteiger partial charge in [0.05, 0.1) is 20.6 Å². The summed E-state index contributed by atoms with van der Waals surface area (Å²) in [4.78, 5) is 11.7. The smallest absolute Gasteiger partial charge is 0.408 e. The molecule has 0 aliphatic carbocycles. The Hall–Kier alpha value is -2.14. The van der Waals surface area contributed by atoms with Crippen LogP contribution >= 0.6 is 11.6 Å². The molecular weight excluding hydrogens is 440 g/mol. The predicted octanol–water partition coefficient (Wildman–Crippen LogP) is 2.02. The van der Waals surface area contributed by atoms with Crippen molar-refractivity contribution >= 4 is 42.6 Å². The number of sulfonamides is 1. The maximum Gasteiger partial charge on any atom is 0.419 e. The van der Waals surface area contributed by atoms with Crippen LogP contribution in [0.1, 0.15) is 6.42 Å². The predicted molar refractivity (Wildman–Crippen MR) is 107 cm³/mol. The van der Waals surface area contributed by atoms with Crippen molar-refractivity contribution in [2.45, 2.75) is 21.5 Å². The van der Waals surface area contributed by atoms with Crippen LogP contribution in [0.15, 0.2) is 61.5 Å². The molecule has 8 nitrogen and oxygen atoms in total. The van der Waals surface area contributed by atoms with E-state index in [-0.39, 0.29) is 34.9 Å². The molecule has 0 N–H and O–H groups in total. The molecule has 1 fully saturated rings. The van der Waals surface area contributed by atoms with Gasteiger partial charge in [-0.05, 0) is 48.9 Å². The van der Waals surface area contributed by atoms with Gasteiger partial charge in [-0.2, -0.15) is 4.31 Å². The maximum absolute atomic E-state index is 13.0. The van der Waals surface area contributed by atoms with Gasteiger partial charge in [-0.3, -0.25) is 4.57 Å². The molecule has 29 heavy (non-hydrogen) atoms. The number of fused-ring (bicyclic) bond motifs is 1. The van der Waals surface area contributed by atoms with Crippen LogP contribution in [0, 0.1) is 0 Å². The third-order valence-electron chi connectivity index (χ3n) is 5.09. The lowest BCUT2D eigenvalue weighted by molar-refractivity contribution is 0.476. The number of oxazole rings is 1. The van der Waals surface area contributed by atoms with E-state index >= 15 is 0 Å². The molecule has 1 unspecified atom stereocenters. The lowest BCUT2D eigenvalue weighted by Gasteiger charge is -2.17. The Balaban J connectivity index is 1.63. The average Bonchev–Trinajstić information content (AvgIpc) is 3.29. The number of nitrogens with zero attached hydrogens (tertiary/aromatic N) is 2. The second-order valence-corrected chi connectivity index (χ2v) is 11.4. The molecule has 4 rings (SSSR count). The second kappa shape index (κ2) is 6.98. The summed E-state index contributed by atoms with van der Waals surface area (Å²) in [5.74, 6) is -0.593. The Kier molecular flexibility index (Phi) is 4.85. The quantitative estimate of drug-likeness (QED) is 0.594. The van der Waals surface area contributed by atoms with E-state index in [0.717, 1.165) is 4.31 Å². The van der Waals surface area contributed by atoms with Crippen LogP contribution in [0.4, 0.5) is 0 Å². The summed E-state index contributed by atoms with van der Waals surface area (Å²) < 4.78 is 59.2. The highest BCUT2D eigenvalue weighted by Crippen LogP contribution is 2.29. The Morgan fingerprint density at radius 2 is 1.69 bits per heavy atom. The van der Waals surface area contributed by atoms with E-state index < -0.39 is 30.9 Å². The Labute approximate surface area is 172 Å². The average molecular weight is 457 g/mol. The number of aryl methyl sites for hydroxylation is 1. The van der Waals surface area contributed by atoms with E-state index in [4.69, 9.17) is 16.0 Å². The summed E-state index contributed by atoms with van der Waals surface area (Å²) in [7, 11) is -6.14. The first kappa shape index (κ1) is 20.1. The number of benzene rings is 2. The van der Waals surface area contributed by atoms with Crippen LogP contribution in [0.2, 0.25) is 5.02 Å². The van der Waals surface area contributed by atoms with Gasteiger partial charge < -0.3 is 4.42 Å². The zero-order chi connectivity index (χ0) is 21.0. The number of hydrogen-bond acceptors (Lipinski definition) is 6. The van der Waals surface area contributed by atoms with Crippen LogP contribution in [0.3, 0.4) is 0 Å². The molecule has 1 saturated heterocycles. The first-order valence-corrected chi connectivity index (χ1v) is 12.1. The molecule has 11 heteroatoms. The van der Waals surface area contributed by atoms with Gasteiger partial charge in [-0.15, -0.1) is 0 Å². The summed E-state index contributed by atoms with van der Waals surface area (Å²) in [5, 5.41) is -0.427. The van der Waals surface area contributed by atoms with Crippen molar-refractivity contribution in [3.05, 3.63) is 58.0 Å². The van der Waals surface area contributed by atoms with Crippen LogP contribution in [-0.2, 0) is 26.9 Å². The van der Waals surface area contributed by atoms with Crippen molar-refractivity contribution in [3.8, 4) is 0 Å². The summed E-state index contributed by atoms with van der Waals surface area (Å²) in [6, 6.07) is 9.94. The maximum atomic E-state index is 13.0. The van der Waals surface area contributed by atoms with Gasteiger partial charge in [0.25, 0.3) is 0 Å². The molecule has 3 aromatic rings. The fourth-order valence-corrected chi connectivity index (χ4v) is 6.84. The zero-order valence-corrected chi connectivity index (χ0v) is 17.7. The first-order chi connectivity index (χ1) is 13.6. The fourth-order valence-electron chi connectivity index (χ4n) is 3.40. The SMILES string of the molecule is Cn1c(=O)oc2ccc(S(=O)(=O)N3CCC(S(=O)(=O)c4ccc(Cl)cc4)C3)cc21. The minimum absolute atomic E-state index is 0.0223. The van der Waals surface area contributed by atoms with Gasteiger partial charge in [0.2, 0.25) is 10.0 Å². The van der Waals surface area contributed by atoms with E-state index in [1.165, 1.54) is 54.1 Å². The molecule has 1 aliphatic heterocycles. The minimum Gasteiger partial charge on any atom is -0.408 e. The summed E-state index contributed by atoms with van der Waals surface area (Å²) in [5.41, 5.74) is 0.627. The third-order valence-corrected chi connectivity index (χ3v) is 9.39. The molecule has 0 saturated carbocycles. The summed E-state index contributed by atoms with van der Waals surface area (Å²) >= 11 is 5.82. The lowest BCUT2D eigenvalue weighted by atomic mass is 10.3. The van der Waals surface area contributed by atoms with Gasteiger partial charge in [-0.25, -0.2) is 21.6 Å². The van der Waals surface area contributed by atoms with Gasteiger partial charge in [0.15, 0.2) is 15.4 Å². The van der Waals surface area contributed by atoms with Crippen LogP contribution in [-0.4, -0.2) is 44.0 Å². The Morgan fingerprint density at radius 1 is 1.03 bits per heavy atom. The van der Waals surface area contributed by atoms with E-state index in [2.05, 4.69) is 0 Å². The Bertz CT molecular complexity index is 1360. The van der Waals surface area contributed by atoms with Crippen LogP contribution in [0.25, 0.3) is 11.1 Å². The number of halogens is 1. The van der Waals surface area contributed by atoms with E-state index in [1.807, 2.05) is 0 Å². The van der Waals surface area contributed by atoms with Crippen LogP contribution < -0.4 is 5.76 Å². The topological polar surface area (TPSA) is 107 Å². The van der Waals surface area contributed by atoms with E-state index in [1.54, 1.807) is 0 Å². The molecule has 1 aromatic heterocycles. The van der Waals surface area contributed by atoms with Gasteiger partial charge in [0, 0.05) is 25.2 Å². The molecule has 0 radical (unpaired) electrons. The standard InChI is InChI=1S/C18H17ClN2O6S2/c1-20-16-10-14(6-7-17(16)27-18(20)22)29(25,26)21-9-8-15(11-21)28(23,24)13-4-2-12(19)3-5-13/h2-7,10,15H,8-9,11H2,1H3. The van der Waals surface area contributed by atoms with Crippen molar-refractivity contribution in [2.24, 2.45) is 7.05 Å². The van der Waals surface area contributed by atoms with Crippen molar-refractivity contribution < 1.29 is 21.3 Å². The number of sulfone groups is 1. The van der Waals surface area contributed by atoms with Crippen molar-refractivity contribution in [1.29, 1.82) is 0 Å². The highest BCUT2D eigenvalue weighted by atomic mass is 35.5. The van der Waals surface area contributed by atoms with Crippen molar-refractivity contribution in [1.82, 2.24) is 8.87 Å². The Morgan fingerprint density at radius 3 is 2.38 bits per heavy atom. The fraction of sp³-hybridized carbons (Fsp3) is 0.278. The minimum atomic E-state index is -3.93. The number of aromatic nitrogens is 1. The van der Waals surface area contributed by atoms with Crippen LogP contribution in [0.5, 0.6) is 0 Å². The van der Waals surface area contributed by atoms with Gasteiger partial charge in [-0.1, -0.05) is 11.6 Å². The molecule has 1 aliphatic rings. The van der Waals surface area contributed by atoms with E-state index in [0.29, 0.717) is 10.5 Å². The van der Waals surface area contributed by atoms with E-state index in [9.17, 15) is 21.6 Å². The molecule has 2 heterocycles. The molecule has 0 bridgehead atoms. The first-order valence-electron chi connectivity index (χ1n) is 8.70. The zero-order valence-electron chi connectivity index (χ0n) is 15.3. The number of hydrogen-bond donors (Lipinski definition) is 0. The lowest BCUT2D eigenvalue weighted by Crippen LogP contribution is -2.32. The van der Waals surface area contributed by atoms with Crippen molar-refractivity contribution in [3.63, 3.8) is 0 Å². The summed E-state index contributed by atoms with van der Waals surface area (Å²) in [6.07, 6.45) is 0.191. The third kappa shape index (κ3) is 3.39. The van der Waals surface area contributed by atoms with Gasteiger partial charge >= 0.3 is 5.76 Å². The van der Waals surface area contributed by atoms with Gasteiger partial charge in [0.1, 0.15) is 0 Å². The highest BCUT2D eigenvalue weighted by molar-refractivity contribution is 7.92. The molecule has 0 amide bonds. The molecular formula is C18H17ClN2O6S2. The second-order valence-electron chi connectivity index (χ2n) is 6.83. The highest BCUT2D eigenvalue weighted by Gasteiger charge is 2.39. The van der Waals surface area contributed by atoms with Crippen molar-refractivity contribution in [2.75, 3.05) is 13.1 Å². The number of rotatable bonds is 4. The monoisotopic (exact) mass is 456 g/mol.